The number of hydrogen-bond donors (Lipinski definition) is 4. The summed E-state index contributed by atoms with van der Waals surface area (Å²) in [7, 11) is 6.42. The normalized spacial score (nSPS) is 11.6. The molecule has 4 heterocycles. The van der Waals surface area contributed by atoms with Gasteiger partial charge in [0.15, 0.2) is 12.2 Å². The minimum Gasteiger partial charge on any atom is -0.479 e. The fraction of sp³-hybridized carbons (Fsp3) is 0.206. The molecule has 6 aromatic carbocycles. The monoisotopic (exact) mass is 1160 g/mol. The highest BCUT2D eigenvalue weighted by Gasteiger charge is 2.29. The number of nitrogens with zero attached hydrogens (tertiary/aromatic N) is 6. The molecule has 10 rings (SSSR count). The number of carboxylic acids is 2. The third-order valence-corrected chi connectivity index (χ3v) is 19.0. The van der Waals surface area contributed by atoms with Crippen LogP contribution in [0.25, 0.3) is 33.8 Å². The van der Waals surface area contributed by atoms with E-state index in [0.29, 0.717) is 12.8 Å². The Morgan fingerprint density at radius 3 is 0.952 bits per heavy atom. The quantitative estimate of drug-likeness (QED) is 0.0678. The Morgan fingerprint density at radius 1 is 0.417 bits per heavy atom. The minimum absolute atomic E-state index is 0.0710. The molecule has 0 bridgehead atoms. The molecule has 4 N–H and O–H groups in total. The number of benzene rings is 6. The summed E-state index contributed by atoms with van der Waals surface area (Å²) >= 11 is 0. The van der Waals surface area contributed by atoms with Crippen LogP contribution in [0.15, 0.2) is 207 Å². The summed E-state index contributed by atoms with van der Waals surface area (Å²) in [6.07, 6.45) is 2.63. The lowest BCUT2D eigenvalue weighted by atomic mass is 10.1. The highest BCUT2D eigenvalue weighted by molar-refractivity contribution is 7.76. The Hall–Kier alpha value is -8.64. The summed E-state index contributed by atoms with van der Waals surface area (Å²) in [6, 6.07) is 68.8. The van der Waals surface area contributed by atoms with Crippen molar-refractivity contribution in [3.63, 3.8) is 0 Å². The van der Waals surface area contributed by atoms with Crippen molar-refractivity contribution in [2.75, 3.05) is 40.5 Å². The number of amides is 2. The molecular weight excluding hydrogens is 1090 g/mol. The van der Waals surface area contributed by atoms with Crippen molar-refractivity contribution in [3.05, 3.63) is 240 Å². The Kier molecular flexibility index (Phi) is 22.5. The summed E-state index contributed by atoms with van der Waals surface area (Å²) in [6.45, 7) is 8.21. The largest absolute Gasteiger partial charge is 0.479 e. The number of hydrogen-bond acceptors (Lipinski definition) is 8. The zero-order chi connectivity index (χ0) is 60.5. The van der Waals surface area contributed by atoms with Crippen LogP contribution in [0.5, 0.6) is 0 Å². The van der Waals surface area contributed by atoms with Gasteiger partial charge in [-0.05, 0) is 100 Å². The van der Waals surface area contributed by atoms with E-state index in [9.17, 15) is 19.2 Å². The Bertz CT molecular complexity index is 3440. The number of fused-ring (bicyclic) bond motifs is 2. The molecule has 0 saturated heterocycles. The number of carboxylic acid groups (broad SMARTS) is 2. The molecule has 0 saturated carbocycles. The van der Waals surface area contributed by atoms with E-state index in [1.54, 1.807) is 38.0 Å². The minimum atomic E-state index is -2.27. The fourth-order valence-corrected chi connectivity index (χ4v) is 14.3. The lowest BCUT2D eigenvalue weighted by molar-refractivity contribution is -0.165. The molecule has 0 fully saturated rings. The molecule has 2 amide bonds. The summed E-state index contributed by atoms with van der Waals surface area (Å²) in [4.78, 5) is 56.8. The lowest BCUT2D eigenvalue weighted by Gasteiger charge is -2.24. The number of carbonyl (C=O) groups excluding carboxylic acids is 2. The van der Waals surface area contributed by atoms with Crippen molar-refractivity contribution in [2.24, 2.45) is 0 Å². The molecule has 2 unspecified atom stereocenters. The van der Waals surface area contributed by atoms with Gasteiger partial charge in [-0.1, -0.05) is 193 Å². The van der Waals surface area contributed by atoms with Gasteiger partial charge in [0, 0.05) is 51.7 Å². The van der Waals surface area contributed by atoms with Gasteiger partial charge in [-0.2, -0.15) is 0 Å². The van der Waals surface area contributed by atoms with Crippen LogP contribution in [0.2, 0.25) is 0 Å². The van der Waals surface area contributed by atoms with Crippen LogP contribution >= 0.6 is 15.8 Å². The molecule has 0 aliphatic heterocycles. The van der Waals surface area contributed by atoms with Crippen LogP contribution in [0.3, 0.4) is 0 Å². The number of aliphatic hydroxyl groups is 2. The van der Waals surface area contributed by atoms with Crippen molar-refractivity contribution >= 4 is 72.1 Å². The van der Waals surface area contributed by atoms with Crippen LogP contribution < -0.4 is 21.2 Å². The number of carbonyl (C=O) groups is 4. The van der Waals surface area contributed by atoms with E-state index < -0.39 is 24.1 Å². The van der Waals surface area contributed by atoms with E-state index in [1.165, 1.54) is 44.7 Å². The third kappa shape index (κ3) is 17.0. The topological polar surface area (TPSA) is 190 Å². The number of likely N-dealkylation sites (N-methyl/N-ethyl adjacent to an activating group) is 2. The molecule has 4 aromatic heterocycles. The Morgan fingerprint density at radius 2 is 0.690 bits per heavy atom. The molecule has 0 aliphatic rings. The van der Waals surface area contributed by atoms with Crippen LogP contribution in [0.1, 0.15) is 33.6 Å². The first-order valence-electron chi connectivity index (χ1n) is 27.4. The fourth-order valence-electron chi connectivity index (χ4n) is 8.94. The maximum atomic E-state index is 12.3. The molecular formula is C68H72N6O8P2. The van der Waals surface area contributed by atoms with Gasteiger partial charge < -0.3 is 39.0 Å². The summed E-state index contributed by atoms with van der Waals surface area (Å²) in [5, 5.41) is 38.4. The van der Waals surface area contributed by atoms with Gasteiger partial charge in [0.25, 0.3) is 0 Å². The van der Waals surface area contributed by atoms with Crippen molar-refractivity contribution in [2.45, 2.75) is 52.7 Å². The molecule has 84 heavy (non-hydrogen) atoms. The van der Waals surface area contributed by atoms with E-state index >= 15 is 0 Å². The SMILES string of the molecule is Cc1ccc(-c2nc3ccc(C)cn3c2CC(=O)N(C)C)cc1.Cc1ccc(-c2nc3ccc(C)cn3c2CC(=O)N(C)C)cc1.O=C(O)C(O)C(O)C(=O)O.c1ccc(P(CCP(c2ccccc2)c2ccccc2)c2ccccc2)cc1. The van der Waals surface area contributed by atoms with Crippen molar-refractivity contribution in [1.29, 1.82) is 0 Å². The standard InChI is InChI=1S/C26H24P2.2C19H21N3O.C4H6O6/c1-5-13-23(14-6-1)27(24-15-7-2-8-16-24)21-22-28(25-17-9-3-10-18-25)26-19-11-4-12-20-26;2*1-13-5-8-15(9-6-13)19-16(11-18(23)21(3)4)22-12-14(2)7-10-17(22)20-19;5-1(3(7)8)2(6)4(9)10/h1-20H,21-22H2;2*5-10,12H,11H2,1-4H3;1-2,5-6H,(H,7,8)(H,9,10). The Balaban J connectivity index is 0.000000168. The van der Waals surface area contributed by atoms with E-state index in [-0.39, 0.29) is 27.7 Å². The molecule has 14 nitrogen and oxygen atoms in total. The predicted molar refractivity (Wildman–Crippen MR) is 340 cm³/mol. The van der Waals surface area contributed by atoms with Crippen LogP contribution in [-0.4, -0.2) is 125 Å². The van der Waals surface area contributed by atoms with Gasteiger partial charge in [-0.25, -0.2) is 19.6 Å². The number of aliphatic hydroxyl groups excluding tert-OH is 2. The van der Waals surface area contributed by atoms with Crippen molar-refractivity contribution < 1.29 is 39.6 Å². The number of rotatable bonds is 16. The van der Waals surface area contributed by atoms with Crippen molar-refractivity contribution in [3.8, 4) is 22.5 Å². The zero-order valence-electron chi connectivity index (χ0n) is 48.6. The highest BCUT2D eigenvalue weighted by atomic mass is 31.1. The van der Waals surface area contributed by atoms with Crippen LogP contribution in [0, 0.1) is 27.7 Å². The van der Waals surface area contributed by atoms with E-state index in [4.69, 9.17) is 30.4 Å². The zero-order valence-corrected chi connectivity index (χ0v) is 50.4. The molecule has 0 radical (unpaired) electrons. The van der Waals surface area contributed by atoms with Gasteiger partial charge >= 0.3 is 11.9 Å². The molecule has 0 spiro atoms. The first kappa shape index (κ1) is 63.0. The molecule has 2 atom stereocenters. The molecule has 10 aromatic rings. The number of aryl methyl sites for hydroxylation is 4. The number of pyridine rings is 2. The molecule has 0 aliphatic carbocycles. The van der Waals surface area contributed by atoms with E-state index in [2.05, 4.69) is 184 Å². The first-order chi connectivity index (χ1) is 40.3. The van der Waals surface area contributed by atoms with E-state index in [1.807, 2.05) is 59.3 Å². The summed E-state index contributed by atoms with van der Waals surface area (Å²) < 4.78 is 4.07. The van der Waals surface area contributed by atoms with Crippen LogP contribution in [0.4, 0.5) is 0 Å². The smallest absolute Gasteiger partial charge is 0.335 e. The van der Waals surface area contributed by atoms with Crippen LogP contribution in [-0.2, 0) is 32.0 Å². The second kappa shape index (κ2) is 30.1. The number of imidazole rings is 2. The van der Waals surface area contributed by atoms with Gasteiger partial charge in [0.2, 0.25) is 11.8 Å². The average molecular weight is 1160 g/mol. The second-order valence-electron chi connectivity index (χ2n) is 20.6. The van der Waals surface area contributed by atoms with Gasteiger partial charge in [0.1, 0.15) is 11.3 Å². The Labute approximate surface area is 493 Å². The second-order valence-corrected chi connectivity index (χ2v) is 25.2. The predicted octanol–water partition coefficient (Wildman–Crippen LogP) is 9.63. The van der Waals surface area contributed by atoms with Gasteiger partial charge in [-0.3, -0.25) is 9.59 Å². The third-order valence-electron chi connectivity index (χ3n) is 13.6. The maximum absolute atomic E-state index is 12.3. The summed E-state index contributed by atoms with van der Waals surface area (Å²) in [5.74, 6) is -3.40. The average Bonchev–Trinajstić information content (AvgIpc) is 3.44. The molecule has 16 heteroatoms. The van der Waals surface area contributed by atoms with E-state index in [0.717, 1.165) is 56.3 Å². The highest BCUT2D eigenvalue weighted by Crippen LogP contribution is 2.41. The first-order valence-corrected chi connectivity index (χ1v) is 30.4. The maximum Gasteiger partial charge on any atom is 0.335 e. The van der Waals surface area contributed by atoms with Gasteiger partial charge in [-0.15, -0.1) is 0 Å². The van der Waals surface area contributed by atoms with Gasteiger partial charge in [0.05, 0.1) is 35.6 Å². The number of aliphatic carboxylic acids is 2. The van der Waals surface area contributed by atoms with Crippen molar-refractivity contribution in [1.82, 2.24) is 28.6 Å². The summed E-state index contributed by atoms with van der Waals surface area (Å²) in [5.41, 5.74) is 12.2. The lowest BCUT2D eigenvalue weighted by Crippen LogP contribution is -2.39. The number of aromatic nitrogens is 4. The molecule has 432 valence electrons.